The predicted molar refractivity (Wildman–Crippen MR) is 84.7 cm³/mol. The second-order valence-corrected chi connectivity index (χ2v) is 6.97. The molecular weight excluding hydrogens is 260 g/mol. The van der Waals surface area contributed by atoms with Gasteiger partial charge in [0.1, 0.15) is 0 Å². The van der Waals surface area contributed by atoms with E-state index in [0.29, 0.717) is 0 Å². The minimum Gasteiger partial charge on any atom is -0.299 e. The number of piperidine rings is 2. The Balaban J connectivity index is 1.38. The molecule has 0 N–H and O–H groups in total. The number of likely N-dealkylation sites (tertiary alicyclic amines) is 2. The minimum absolute atomic E-state index is 0.874. The Kier molecular flexibility index (Phi) is 3.59. The van der Waals surface area contributed by atoms with E-state index in [2.05, 4.69) is 27.7 Å². The maximum atomic E-state index is 4.29. The SMILES string of the molecule is C=Cn1cc(CN2CCC3C(CCCN3C3CC3)C2)cn1. The van der Waals surface area contributed by atoms with Crippen LogP contribution in [0.4, 0.5) is 0 Å². The normalized spacial score (nSPS) is 31.0. The van der Waals surface area contributed by atoms with Gasteiger partial charge in [0.05, 0.1) is 6.20 Å². The van der Waals surface area contributed by atoms with Gasteiger partial charge in [-0.3, -0.25) is 9.80 Å². The van der Waals surface area contributed by atoms with Crippen LogP contribution in [-0.4, -0.2) is 51.3 Å². The molecule has 0 spiro atoms. The van der Waals surface area contributed by atoms with Crippen LogP contribution >= 0.6 is 0 Å². The van der Waals surface area contributed by atoms with Crippen molar-refractivity contribution in [2.75, 3.05) is 19.6 Å². The lowest BCUT2D eigenvalue weighted by Gasteiger charge is -2.47. The van der Waals surface area contributed by atoms with E-state index in [4.69, 9.17) is 0 Å². The zero-order valence-electron chi connectivity index (χ0n) is 12.8. The summed E-state index contributed by atoms with van der Waals surface area (Å²) >= 11 is 0. The molecule has 4 rings (SSSR count). The fraction of sp³-hybridized carbons (Fsp3) is 0.706. The smallest absolute Gasteiger partial charge is 0.0539 e. The lowest BCUT2D eigenvalue weighted by molar-refractivity contribution is 0.0154. The summed E-state index contributed by atoms with van der Waals surface area (Å²) in [5, 5.41) is 4.29. The zero-order valence-corrected chi connectivity index (χ0v) is 12.8. The van der Waals surface area contributed by atoms with Crippen LogP contribution in [0.1, 0.15) is 37.7 Å². The van der Waals surface area contributed by atoms with E-state index in [9.17, 15) is 0 Å². The lowest BCUT2D eigenvalue weighted by Crippen LogP contribution is -2.54. The van der Waals surface area contributed by atoms with Crippen molar-refractivity contribution in [3.8, 4) is 0 Å². The van der Waals surface area contributed by atoms with Crippen LogP contribution in [0.15, 0.2) is 19.0 Å². The average Bonchev–Trinajstić information content (AvgIpc) is 3.26. The van der Waals surface area contributed by atoms with Gasteiger partial charge in [0.2, 0.25) is 0 Å². The molecule has 2 atom stereocenters. The van der Waals surface area contributed by atoms with E-state index >= 15 is 0 Å². The first-order chi connectivity index (χ1) is 10.3. The van der Waals surface area contributed by atoms with Gasteiger partial charge in [-0.25, -0.2) is 4.68 Å². The quantitative estimate of drug-likeness (QED) is 0.849. The standard InChI is InChI=1S/C17H26N4/c1-2-20-12-14(10-18-20)11-19-9-7-17-15(13-19)4-3-8-21(17)16-5-6-16/h2,10,12,15-17H,1,3-9,11,13H2. The van der Waals surface area contributed by atoms with E-state index in [-0.39, 0.29) is 0 Å². The Labute approximate surface area is 127 Å². The highest BCUT2D eigenvalue weighted by Crippen LogP contribution is 2.38. The number of fused-ring (bicyclic) bond motifs is 1. The van der Waals surface area contributed by atoms with Crippen LogP contribution < -0.4 is 0 Å². The first-order valence-corrected chi connectivity index (χ1v) is 8.47. The molecule has 2 saturated heterocycles. The Morgan fingerprint density at radius 2 is 2.14 bits per heavy atom. The Morgan fingerprint density at radius 3 is 2.90 bits per heavy atom. The highest BCUT2D eigenvalue weighted by atomic mass is 15.3. The third-order valence-corrected chi connectivity index (χ3v) is 5.46. The Morgan fingerprint density at radius 1 is 1.24 bits per heavy atom. The molecule has 3 heterocycles. The van der Waals surface area contributed by atoms with Crippen LogP contribution in [0.5, 0.6) is 0 Å². The van der Waals surface area contributed by atoms with Crippen LogP contribution in [0, 0.1) is 5.92 Å². The molecule has 4 heteroatoms. The molecule has 21 heavy (non-hydrogen) atoms. The second-order valence-electron chi connectivity index (χ2n) is 6.97. The summed E-state index contributed by atoms with van der Waals surface area (Å²) in [4.78, 5) is 5.48. The highest BCUT2D eigenvalue weighted by molar-refractivity contribution is 5.17. The van der Waals surface area contributed by atoms with Crippen molar-refractivity contribution in [1.82, 2.24) is 19.6 Å². The molecule has 1 aliphatic carbocycles. The van der Waals surface area contributed by atoms with Crippen LogP contribution in [-0.2, 0) is 6.54 Å². The lowest BCUT2D eigenvalue weighted by atomic mass is 9.83. The fourth-order valence-corrected chi connectivity index (χ4v) is 4.34. The summed E-state index contributed by atoms with van der Waals surface area (Å²) in [6.07, 6.45) is 12.9. The molecule has 114 valence electrons. The third kappa shape index (κ3) is 2.79. The molecule has 0 aromatic carbocycles. The number of aromatic nitrogens is 2. The molecule has 1 aromatic rings. The van der Waals surface area contributed by atoms with Gasteiger partial charge in [-0.05, 0) is 51.1 Å². The van der Waals surface area contributed by atoms with Crippen LogP contribution in [0.3, 0.4) is 0 Å². The number of rotatable bonds is 4. The Bertz CT molecular complexity index is 505. The average molecular weight is 286 g/mol. The van der Waals surface area contributed by atoms with Gasteiger partial charge in [0.25, 0.3) is 0 Å². The number of hydrogen-bond acceptors (Lipinski definition) is 3. The summed E-state index contributed by atoms with van der Waals surface area (Å²) in [6.45, 7) is 8.67. The van der Waals surface area contributed by atoms with Crippen molar-refractivity contribution in [1.29, 1.82) is 0 Å². The van der Waals surface area contributed by atoms with Gasteiger partial charge < -0.3 is 0 Å². The van der Waals surface area contributed by atoms with Gasteiger partial charge in [0, 0.05) is 43.1 Å². The van der Waals surface area contributed by atoms with Gasteiger partial charge in [-0.15, -0.1) is 0 Å². The minimum atomic E-state index is 0.874. The molecule has 0 amide bonds. The summed E-state index contributed by atoms with van der Waals surface area (Å²) in [6, 6.07) is 1.81. The van der Waals surface area contributed by atoms with Crippen molar-refractivity contribution < 1.29 is 0 Å². The fourth-order valence-electron chi connectivity index (χ4n) is 4.34. The van der Waals surface area contributed by atoms with Gasteiger partial charge in [0.15, 0.2) is 0 Å². The molecule has 2 aliphatic heterocycles. The number of hydrogen-bond donors (Lipinski definition) is 0. The van der Waals surface area contributed by atoms with E-state index in [1.165, 1.54) is 57.3 Å². The van der Waals surface area contributed by atoms with Gasteiger partial charge >= 0.3 is 0 Å². The van der Waals surface area contributed by atoms with Gasteiger partial charge in [-0.1, -0.05) is 6.58 Å². The summed E-state index contributed by atoms with van der Waals surface area (Å²) < 4.78 is 1.80. The molecule has 2 unspecified atom stereocenters. The van der Waals surface area contributed by atoms with Gasteiger partial charge in [-0.2, -0.15) is 5.10 Å². The largest absolute Gasteiger partial charge is 0.299 e. The predicted octanol–water partition coefficient (Wildman–Crippen LogP) is 2.43. The second kappa shape index (κ2) is 5.58. The first-order valence-electron chi connectivity index (χ1n) is 8.47. The summed E-state index contributed by atoms with van der Waals surface area (Å²) in [5.41, 5.74) is 1.31. The molecule has 1 aromatic heterocycles. The van der Waals surface area contributed by atoms with Crippen molar-refractivity contribution in [3.63, 3.8) is 0 Å². The zero-order chi connectivity index (χ0) is 14.2. The van der Waals surface area contributed by atoms with Crippen molar-refractivity contribution >= 4 is 6.20 Å². The van der Waals surface area contributed by atoms with Crippen molar-refractivity contribution in [2.45, 2.75) is 50.7 Å². The molecule has 0 radical (unpaired) electrons. The van der Waals surface area contributed by atoms with Crippen LogP contribution in [0.25, 0.3) is 6.20 Å². The van der Waals surface area contributed by atoms with Crippen molar-refractivity contribution in [2.24, 2.45) is 5.92 Å². The topological polar surface area (TPSA) is 24.3 Å². The number of nitrogens with zero attached hydrogens (tertiary/aromatic N) is 4. The van der Waals surface area contributed by atoms with E-state index in [0.717, 1.165) is 24.5 Å². The van der Waals surface area contributed by atoms with Crippen LogP contribution in [0.2, 0.25) is 0 Å². The van der Waals surface area contributed by atoms with Crippen molar-refractivity contribution in [3.05, 3.63) is 24.5 Å². The molecule has 4 nitrogen and oxygen atoms in total. The first kappa shape index (κ1) is 13.5. The van der Waals surface area contributed by atoms with E-state index in [1.807, 2.05) is 6.20 Å². The molecule has 3 fully saturated rings. The molecular formula is C17H26N4. The highest BCUT2D eigenvalue weighted by Gasteiger charge is 2.41. The maximum absolute atomic E-state index is 4.29. The Hall–Kier alpha value is -1.13. The summed E-state index contributed by atoms with van der Waals surface area (Å²) in [7, 11) is 0. The summed E-state index contributed by atoms with van der Waals surface area (Å²) in [5.74, 6) is 0.891. The maximum Gasteiger partial charge on any atom is 0.0539 e. The molecule has 3 aliphatic rings. The molecule has 0 bridgehead atoms. The van der Waals surface area contributed by atoms with E-state index < -0.39 is 0 Å². The molecule has 1 saturated carbocycles. The monoisotopic (exact) mass is 286 g/mol. The third-order valence-electron chi connectivity index (χ3n) is 5.46. The van der Waals surface area contributed by atoms with E-state index in [1.54, 1.807) is 10.9 Å².